The lowest BCUT2D eigenvalue weighted by Gasteiger charge is -2.11. The molecular formula is C22H14Cl3N3O2S. The Labute approximate surface area is 198 Å². The number of thiocarbonyl (C=S) groups is 1. The Morgan fingerprint density at radius 2 is 1.81 bits per heavy atom. The van der Waals surface area contributed by atoms with Crippen LogP contribution in [0.1, 0.15) is 15.9 Å². The van der Waals surface area contributed by atoms with Gasteiger partial charge in [-0.05, 0) is 73.2 Å². The van der Waals surface area contributed by atoms with Crippen molar-refractivity contribution in [3.8, 4) is 11.5 Å². The summed E-state index contributed by atoms with van der Waals surface area (Å²) in [6.45, 7) is 1.98. The van der Waals surface area contributed by atoms with E-state index in [1.54, 1.807) is 24.3 Å². The largest absolute Gasteiger partial charge is 0.436 e. The van der Waals surface area contributed by atoms with Gasteiger partial charge in [0.15, 0.2) is 10.7 Å². The minimum atomic E-state index is -0.456. The molecule has 1 amide bonds. The third-order valence-electron chi connectivity index (χ3n) is 4.40. The summed E-state index contributed by atoms with van der Waals surface area (Å²) in [6.07, 6.45) is 0. The van der Waals surface area contributed by atoms with E-state index < -0.39 is 5.91 Å². The summed E-state index contributed by atoms with van der Waals surface area (Å²) in [5.74, 6) is -0.0696. The van der Waals surface area contributed by atoms with Crippen molar-refractivity contribution in [3.63, 3.8) is 0 Å². The van der Waals surface area contributed by atoms with Gasteiger partial charge in [-0.1, -0.05) is 40.9 Å². The van der Waals surface area contributed by atoms with Gasteiger partial charge in [-0.15, -0.1) is 0 Å². The fraction of sp³-hybridized carbons (Fsp3) is 0.0455. The Balaban J connectivity index is 1.53. The molecule has 0 aliphatic heterocycles. The molecule has 31 heavy (non-hydrogen) atoms. The van der Waals surface area contributed by atoms with Crippen LogP contribution in [0.5, 0.6) is 0 Å². The van der Waals surface area contributed by atoms with Gasteiger partial charge in [0.1, 0.15) is 5.52 Å². The van der Waals surface area contributed by atoms with Crippen LogP contribution < -0.4 is 10.6 Å². The van der Waals surface area contributed by atoms with E-state index in [1.165, 1.54) is 12.1 Å². The van der Waals surface area contributed by atoms with Gasteiger partial charge >= 0.3 is 0 Å². The summed E-state index contributed by atoms with van der Waals surface area (Å²) in [6, 6.07) is 15.5. The number of hydrogen-bond donors (Lipinski definition) is 2. The molecule has 0 saturated carbocycles. The summed E-state index contributed by atoms with van der Waals surface area (Å²) in [4.78, 5) is 16.9. The van der Waals surface area contributed by atoms with Crippen molar-refractivity contribution in [1.82, 2.24) is 10.3 Å². The number of carbonyl (C=O) groups is 1. The lowest BCUT2D eigenvalue weighted by Crippen LogP contribution is -2.34. The predicted octanol–water partition coefficient (Wildman–Crippen LogP) is 6.89. The minimum absolute atomic E-state index is 0.0949. The van der Waals surface area contributed by atoms with E-state index in [2.05, 4.69) is 15.6 Å². The van der Waals surface area contributed by atoms with Crippen molar-refractivity contribution < 1.29 is 9.21 Å². The number of amides is 1. The fourth-order valence-corrected chi connectivity index (χ4v) is 3.82. The Morgan fingerprint density at radius 3 is 2.58 bits per heavy atom. The maximum Gasteiger partial charge on any atom is 0.258 e. The molecule has 0 saturated heterocycles. The Hall–Kier alpha value is -2.64. The van der Waals surface area contributed by atoms with Gasteiger partial charge in [0.25, 0.3) is 5.91 Å². The molecule has 0 fully saturated rings. The van der Waals surface area contributed by atoms with Crippen LogP contribution in [0.2, 0.25) is 15.1 Å². The number of aryl methyl sites for hydroxylation is 1. The summed E-state index contributed by atoms with van der Waals surface area (Å²) in [5.41, 5.74) is 3.93. The number of benzene rings is 3. The first-order chi connectivity index (χ1) is 14.8. The molecule has 0 aliphatic rings. The van der Waals surface area contributed by atoms with Crippen molar-refractivity contribution in [3.05, 3.63) is 80.8 Å². The van der Waals surface area contributed by atoms with Crippen LogP contribution in [0.25, 0.3) is 22.6 Å². The quantitative estimate of drug-likeness (QED) is 0.306. The van der Waals surface area contributed by atoms with E-state index in [0.717, 1.165) is 11.1 Å². The summed E-state index contributed by atoms with van der Waals surface area (Å²) >= 11 is 23.6. The molecule has 0 unspecified atom stereocenters. The van der Waals surface area contributed by atoms with E-state index in [4.69, 9.17) is 51.4 Å². The zero-order chi connectivity index (χ0) is 22.1. The van der Waals surface area contributed by atoms with E-state index in [9.17, 15) is 4.79 Å². The van der Waals surface area contributed by atoms with Gasteiger partial charge in [-0.3, -0.25) is 10.1 Å². The van der Waals surface area contributed by atoms with Crippen LogP contribution in [-0.2, 0) is 0 Å². The number of halogens is 3. The number of rotatable bonds is 3. The fourth-order valence-electron chi connectivity index (χ4n) is 2.92. The molecule has 156 valence electrons. The number of aromatic nitrogens is 1. The minimum Gasteiger partial charge on any atom is -0.436 e. The molecule has 0 radical (unpaired) electrons. The maximum absolute atomic E-state index is 12.4. The molecule has 5 nitrogen and oxygen atoms in total. The zero-order valence-corrected chi connectivity index (χ0v) is 19.1. The molecule has 0 spiro atoms. The smallest absolute Gasteiger partial charge is 0.258 e. The van der Waals surface area contributed by atoms with Crippen molar-refractivity contribution in [2.24, 2.45) is 0 Å². The average molecular weight is 491 g/mol. The van der Waals surface area contributed by atoms with Crippen molar-refractivity contribution in [2.75, 3.05) is 5.32 Å². The average Bonchev–Trinajstić information content (AvgIpc) is 3.12. The number of hydrogen-bond acceptors (Lipinski definition) is 4. The zero-order valence-electron chi connectivity index (χ0n) is 16.0. The van der Waals surface area contributed by atoms with Gasteiger partial charge in [0.05, 0.1) is 21.2 Å². The number of oxazole rings is 1. The maximum atomic E-state index is 12.4. The number of nitrogens with one attached hydrogen (secondary N) is 2. The SMILES string of the molecule is Cc1ccc2nc(-c3cc(NC(=S)NC(=O)c4ccc(Cl)cc4Cl)ccc3Cl)oc2c1. The summed E-state index contributed by atoms with van der Waals surface area (Å²) in [7, 11) is 0. The monoisotopic (exact) mass is 489 g/mol. The highest BCUT2D eigenvalue weighted by Crippen LogP contribution is 2.32. The second-order valence-electron chi connectivity index (χ2n) is 6.72. The van der Waals surface area contributed by atoms with Crippen LogP contribution in [0.15, 0.2) is 59.0 Å². The molecule has 0 bridgehead atoms. The highest BCUT2D eigenvalue weighted by molar-refractivity contribution is 7.80. The first-order valence-corrected chi connectivity index (χ1v) is 10.6. The molecule has 4 rings (SSSR count). The van der Waals surface area contributed by atoms with Gasteiger partial charge in [0, 0.05) is 10.7 Å². The van der Waals surface area contributed by atoms with Crippen LogP contribution in [0.3, 0.4) is 0 Å². The lowest BCUT2D eigenvalue weighted by atomic mass is 10.2. The van der Waals surface area contributed by atoms with Crippen LogP contribution >= 0.6 is 47.0 Å². The van der Waals surface area contributed by atoms with E-state index in [-0.39, 0.29) is 15.7 Å². The lowest BCUT2D eigenvalue weighted by molar-refractivity contribution is 0.0978. The molecule has 4 aromatic rings. The molecule has 3 aromatic carbocycles. The third-order valence-corrected chi connectivity index (χ3v) is 5.48. The molecule has 1 aromatic heterocycles. The van der Waals surface area contributed by atoms with Crippen molar-refractivity contribution >= 4 is 74.8 Å². The molecular weight excluding hydrogens is 477 g/mol. The van der Waals surface area contributed by atoms with Crippen LogP contribution in [0.4, 0.5) is 5.69 Å². The van der Waals surface area contributed by atoms with Crippen LogP contribution in [0, 0.1) is 6.92 Å². The van der Waals surface area contributed by atoms with Gasteiger partial charge < -0.3 is 9.73 Å². The number of fused-ring (bicyclic) bond motifs is 1. The van der Waals surface area contributed by atoms with Gasteiger partial charge in [-0.25, -0.2) is 4.98 Å². The standard InChI is InChI=1S/C22H14Cl3N3O2S/c1-11-2-7-18-19(8-11)30-21(27-18)15-10-13(4-6-16(15)24)26-22(31)28-20(29)14-5-3-12(23)9-17(14)25/h2-10H,1H3,(H2,26,28,29,31). The van der Waals surface area contributed by atoms with E-state index in [0.29, 0.717) is 32.8 Å². The van der Waals surface area contributed by atoms with E-state index >= 15 is 0 Å². The van der Waals surface area contributed by atoms with Crippen molar-refractivity contribution in [1.29, 1.82) is 0 Å². The second-order valence-corrected chi connectivity index (χ2v) is 8.38. The Morgan fingerprint density at radius 1 is 1.00 bits per heavy atom. The highest BCUT2D eigenvalue weighted by Gasteiger charge is 2.15. The topological polar surface area (TPSA) is 67.2 Å². The molecule has 0 aliphatic carbocycles. The second kappa shape index (κ2) is 8.85. The number of carbonyl (C=O) groups excluding carboxylic acids is 1. The highest BCUT2D eigenvalue weighted by atomic mass is 35.5. The molecule has 2 N–H and O–H groups in total. The number of anilines is 1. The third kappa shape index (κ3) is 4.83. The first-order valence-electron chi connectivity index (χ1n) is 9.04. The van der Waals surface area contributed by atoms with Crippen molar-refractivity contribution in [2.45, 2.75) is 6.92 Å². The first kappa shape index (κ1) is 21.6. The Bertz CT molecular complexity index is 1340. The van der Waals surface area contributed by atoms with Crippen LogP contribution in [-0.4, -0.2) is 16.0 Å². The summed E-state index contributed by atoms with van der Waals surface area (Å²) in [5, 5.41) is 6.77. The predicted molar refractivity (Wildman–Crippen MR) is 129 cm³/mol. The van der Waals surface area contributed by atoms with Gasteiger partial charge in [-0.2, -0.15) is 0 Å². The molecule has 1 heterocycles. The summed E-state index contributed by atoms with van der Waals surface area (Å²) < 4.78 is 5.87. The molecule has 9 heteroatoms. The molecule has 0 atom stereocenters. The number of nitrogens with zero attached hydrogens (tertiary/aromatic N) is 1. The Kier molecular flexibility index (Phi) is 6.16. The van der Waals surface area contributed by atoms with E-state index in [1.807, 2.05) is 25.1 Å². The normalized spacial score (nSPS) is 10.8. The van der Waals surface area contributed by atoms with Gasteiger partial charge in [0.2, 0.25) is 5.89 Å².